The van der Waals surface area contributed by atoms with Gasteiger partial charge < -0.3 is 5.32 Å². The van der Waals surface area contributed by atoms with Crippen LogP contribution in [0.5, 0.6) is 0 Å². The molecule has 0 aliphatic carbocycles. The zero-order chi connectivity index (χ0) is 18.9. The minimum absolute atomic E-state index is 0.0398. The molecule has 2 N–H and O–H groups in total. The molecule has 0 bridgehead atoms. The molecule has 1 aromatic rings. The number of carbonyl (C=O) groups excluding carboxylic acids is 2. The lowest BCUT2D eigenvalue weighted by Gasteiger charge is -2.17. The van der Waals surface area contributed by atoms with E-state index in [9.17, 15) is 18.0 Å². The van der Waals surface area contributed by atoms with E-state index in [0.717, 1.165) is 5.56 Å². The third kappa shape index (κ3) is 9.42. The molecule has 136 valence electrons. The van der Waals surface area contributed by atoms with Gasteiger partial charge in [0.2, 0.25) is 5.91 Å². The summed E-state index contributed by atoms with van der Waals surface area (Å²) >= 11 is 0. The van der Waals surface area contributed by atoms with Crippen LogP contribution >= 0.6 is 0 Å². The summed E-state index contributed by atoms with van der Waals surface area (Å²) in [6, 6.07) is 8.80. The quantitative estimate of drug-likeness (QED) is 0.762. The van der Waals surface area contributed by atoms with Crippen molar-refractivity contribution in [2.24, 2.45) is 11.8 Å². The number of Topliss-reactive ketones (excluding diaryl/α,β-unsaturated/α-hetero) is 1. The molecule has 0 aliphatic rings. The van der Waals surface area contributed by atoms with Crippen molar-refractivity contribution >= 4 is 21.8 Å². The van der Waals surface area contributed by atoms with Crippen LogP contribution < -0.4 is 5.32 Å². The summed E-state index contributed by atoms with van der Waals surface area (Å²) in [6.07, 6.45) is 0.0398. The van der Waals surface area contributed by atoms with Crippen LogP contribution in [0.25, 0.3) is 0 Å². The van der Waals surface area contributed by atoms with E-state index in [1.807, 2.05) is 13.8 Å². The first-order valence-corrected chi connectivity index (χ1v) is 9.26. The molecule has 0 aromatic heterocycles. The third-order valence-electron chi connectivity index (χ3n) is 3.26. The van der Waals surface area contributed by atoms with Crippen LogP contribution in [0.1, 0.15) is 40.2 Å². The maximum Gasteiger partial charge on any atom is 0.286 e. The number of amides is 1. The number of carbonyl (C=O) groups is 2. The summed E-state index contributed by atoms with van der Waals surface area (Å²) in [7, 11) is -4.32. The normalized spacial score (nSPS) is 12.3. The fourth-order valence-electron chi connectivity index (χ4n) is 1.38. The van der Waals surface area contributed by atoms with Gasteiger partial charge in [0.05, 0.1) is 0 Å². The van der Waals surface area contributed by atoms with Crippen molar-refractivity contribution in [1.82, 2.24) is 5.32 Å². The Balaban J connectivity index is 0.000000754. The van der Waals surface area contributed by atoms with Crippen LogP contribution in [0.15, 0.2) is 30.3 Å². The molecule has 0 unspecified atom stereocenters. The maximum atomic E-state index is 11.5. The Kier molecular flexibility index (Phi) is 9.47. The monoisotopic (exact) mass is 357 g/mol. The highest BCUT2D eigenvalue weighted by Gasteiger charge is 2.26. The van der Waals surface area contributed by atoms with Gasteiger partial charge in [-0.2, -0.15) is 8.42 Å². The molecule has 7 heteroatoms. The number of nitrogens with one attached hydrogen (secondary N) is 1. The molecule has 0 radical (unpaired) electrons. The largest absolute Gasteiger partial charge is 0.337 e. The highest BCUT2D eigenvalue weighted by Crippen LogP contribution is 2.08. The van der Waals surface area contributed by atoms with Crippen LogP contribution in [0.2, 0.25) is 0 Å². The van der Waals surface area contributed by atoms with Crippen molar-refractivity contribution in [3.63, 3.8) is 0 Å². The molecule has 0 heterocycles. The molecule has 0 aliphatic heterocycles. The highest BCUT2D eigenvalue weighted by atomic mass is 32.2. The second kappa shape index (κ2) is 10.2. The van der Waals surface area contributed by atoms with E-state index in [0.29, 0.717) is 0 Å². The molecule has 1 amide bonds. The van der Waals surface area contributed by atoms with Crippen LogP contribution in [0, 0.1) is 11.8 Å². The predicted octanol–water partition coefficient (Wildman–Crippen LogP) is 2.45. The minimum atomic E-state index is -4.32. The molecule has 0 spiro atoms. The second-order valence-corrected chi connectivity index (χ2v) is 7.72. The van der Waals surface area contributed by atoms with E-state index in [4.69, 9.17) is 4.55 Å². The first kappa shape index (κ1) is 22.3. The summed E-state index contributed by atoms with van der Waals surface area (Å²) in [6.45, 7) is 8.69. The fraction of sp³-hybridized carbons (Fsp3) is 0.529. The van der Waals surface area contributed by atoms with Gasteiger partial charge in [-0.3, -0.25) is 14.1 Å². The third-order valence-corrected chi connectivity index (χ3v) is 4.27. The average Bonchev–Trinajstić information content (AvgIpc) is 2.47. The molecular formula is C17H27NO5S. The van der Waals surface area contributed by atoms with Gasteiger partial charge in [0.15, 0.2) is 5.37 Å². The van der Waals surface area contributed by atoms with Gasteiger partial charge in [-0.1, -0.05) is 58.0 Å². The number of benzene rings is 1. The standard InChI is InChI=1S/C12H17NO4S.C5H10O/c1-9(2)12(14)13-11(18(15,16)17)8-10-6-4-3-5-7-10;1-4(2)5(3)6/h3-7,9,11H,8H2,1-2H3,(H,13,14)(H,15,16,17);4H,1-3H3/t11-;/m1./s1. The number of ketones is 1. The van der Waals surface area contributed by atoms with Crippen molar-refractivity contribution in [3.05, 3.63) is 35.9 Å². The Morgan fingerprint density at radius 1 is 1.04 bits per heavy atom. The number of hydrogen-bond acceptors (Lipinski definition) is 4. The van der Waals surface area contributed by atoms with Gasteiger partial charge >= 0.3 is 0 Å². The Morgan fingerprint density at radius 3 is 1.83 bits per heavy atom. The van der Waals surface area contributed by atoms with Crippen LogP contribution in [0.4, 0.5) is 0 Å². The van der Waals surface area contributed by atoms with Crippen molar-refractivity contribution < 1.29 is 22.6 Å². The van der Waals surface area contributed by atoms with E-state index < -0.39 is 21.4 Å². The Morgan fingerprint density at radius 2 is 1.50 bits per heavy atom. The zero-order valence-corrected chi connectivity index (χ0v) is 15.6. The van der Waals surface area contributed by atoms with Gasteiger partial charge in [0.1, 0.15) is 5.78 Å². The van der Waals surface area contributed by atoms with Gasteiger partial charge in [-0.25, -0.2) is 0 Å². The first-order valence-electron chi connectivity index (χ1n) is 7.76. The second-order valence-electron chi connectivity index (χ2n) is 6.12. The lowest BCUT2D eigenvalue weighted by atomic mass is 10.1. The zero-order valence-electron chi connectivity index (χ0n) is 14.8. The molecule has 0 saturated carbocycles. The number of hydrogen-bond donors (Lipinski definition) is 2. The average molecular weight is 357 g/mol. The van der Waals surface area contributed by atoms with E-state index in [2.05, 4.69) is 5.32 Å². The van der Waals surface area contributed by atoms with Crippen LogP contribution in [-0.4, -0.2) is 30.0 Å². The topological polar surface area (TPSA) is 101 Å². The minimum Gasteiger partial charge on any atom is -0.337 e. The van der Waals surface area contributed by atoms with Gasteiger partial charge in [0, 0.05) is 18.3 Å². The maximum absolute atomic E-state index is 11.5. The van der Waals surface area contributed by atoms with Crippen molar-refractivity contribution in [1.29, 1.82) is 0 Å². The van der Waals surface area contributed by atoms with E-state index in [1.54, 1.807) is 51.1 Å². The summed E-state index contributed by atoms with van der Waals surface area (Å²) in [4.78, 5) is 21.6. The summed E-state index contributed by atoms with van der Waals surface area (Å²) in [5.74, 6) is -0.279. The molecule has 1 rings (SSSR count). The number of rotatable bonds is 6. The molecule has 0 fully saturated rings. The molecule has 1 aromatic carbocycles. The Labute approximate surface area is 144 Å². The van der Waals surface area contributed by atoms with Gasteiger partial charge in [-0.15, -0.1) is 0 Å². The lowest BCUT2D eigenvalue weighted by Crippen LogP contribution is -2.43. The highest BCUT2D eigenvalue weighted by molar-refractivity contribution is 7.86. The van der Waals surface area contributed by atoms with E-state index in [-0.39, 0.29) is 24.0 Å². The van der Waals surface area contributed by atoms with Crippen LogP contribution in [-0.2, 0) is 26.1 Å². The molecule has 0 saturated heterocycles. The summed E-state index contributed by atoms with van der Waals surface area (Å²) in [5.41, 5.74) is 0.726. The SMILES string of the molecule is CC(=O)C(C)C.CC(C)C(=O)N[C@@H](Cc1ccccc1)S(=O)(=O)O. The van der Waals surface area contributed by atoms with Gasteiger partial charge in [-0.05, 0) is 12.5 Å². The predicted molar refractivity (Wildman–Crippen MR) is 94.0 cm³/mol. The van der Waals surface area contributed by atoms with Crippen molar-refractivity contribution in [3.8, 4) is 0 Å². The van der Waals surface area contributed by atoms with E-state index in [1.165, 1.54) is 0 Å². The van der Waals surface area contributed by atoms with Gasteiger partial charge in [0.25, 0.3) is 10.1 Å². The molecule has 1 atom stereocenters. The first-order chi connectivity index (χ1) is 10.9. The molecular weight excluding hydrogens is 330 g/mol. The lowest BCUT2D eigenvalue weighted by molar-refractivity contribution is -0.124. The molecule has 24 heavy (non-hydrogen) atoms. The smallest absolute Gasteiger partial charge is 0.286 e. The fourth-order valence-corrected chi connectivity index (χ4v) is 2.05. The summed E-state index contributed by atoms with van der Waals surface area (Å²) < 4.78 is 31.6. The van der Waals surface area contributed by atoms with Crippen molar-refractivity contribution in [2.45, 2.75) is 46.4 Å². The molecule has 6 nitrogen and oxygen atoms in total. The summed E-state index contributed by atoms with van der Waals surface area (Å²) in [5, 5.41) is 1.02. The van der Waals surface area contributed by atoms with Crippen molar-refractivity contribution in [2.75, 3.05) is 0 Å². The Bertz CT molecular complexity index is 624. The van der Waals surface area contributed by atoms with E-state index >= 15 is 0 Å². The van der Waals surface area contributed by atoms with Crippen LogP contribution in [0.3, 0.4) is 0 Å². The Hall–Kier alpha value is -1.73.